The molecule has 0 saturated carbocycles. The van der Waals surface area contributed by atoms with Crippen LogP contribution in [0, 0.1) is 12.8 Å². The number of esters is 1. The Balaban J connectivity index is 2.61. The van der Waals surface area contributed by atoms with E-state index in [1.807, 2.05) is 19.1 Å². The number of methoxy groups -OCH3 is 1. The van der Waals surface area contributed by atoms with Crippen molar-refractivity contribution in [3.8, 4) is 0 Å². The molecule has 130 valence electrons. The first-order valence-corrected chi connectivity index (χ1v) is 7.95. The number of hydrogen-bond acceptors (Lipinski definition) is 4. The Bertz CT molecular complexity index is 592. The highest BCUT2D eigenvalue weighted by molar-refractivity contribution is 5.98. The third-order valence-corrected chi connectivity index (χ3v) is 3.74. The second-order valence-electron chi connectivity index (χ2n) is 5.80. The van der Waals surface area contributed by atoms with Crippen molar-refractivity contribution < 1.29 is 19.1 Å². The first-order chi connectivity index (χ1) is 11.4. The van der Waals surface area contributed by atoms with Crippen molar-refractivity contribution in [2.75, 3.05) is 20.2 Å². The zero-order chi connectivity index (χ0) is 18.1. The molecular formula is C19H25NO4. The van der Waals surface area contributed by atoms with Crippen molar-refractivity contribution in [3.05, 3.63) is 48.0 Å². The largest absolute Gasteiger partial charge is 0.469 e. The number of ether oxygens (including phenoxy) is 1. The van der Waals surface area contributed by atoms with E-state index in [1.54, 1.807) is 25.1 Å². The molecule has 1 atom stereocenters. The molecular weight excluding hydrogens is 306 g/mol. The highest BCUT2D eigenvalue weighted by Crippen LogP contribution is 2.10. The van der Waals surface area contributed by atoms with Gasteiger partial charge in [-0.1, -0.05) is 42.8 Å². The number of rotatable bonds is 9. The number of aryl methyl sites for hydroxylation is 1. The van der Waals surface area contributed by atoms with Gasteiger partial charge in [-0.15, -0.1) is 6.58 Å². The van der Waals surface area contributed by atoms with E-state index in [-0.39, 0.29) is 37.0 Å². The molecule has 1 amide bonds. The van der Waals surface area contributed by atoms with Crippen LogP contribution < -0.4 is 0 Å². The molecule has 0 aliphatic heterocycles. The summed E-state index contributed by atoms with van der Waals surface area (Å²) in [4.78, 5) is 37.5. The van der Waals surface area contributed by atoms with Gasteiger partial charge in [-0.25, -0.2) is 0 Å². The van der Waals surface area contributed by atoms with Gasteiger partial charge in [0.05, 0.1) is 13.0 Å². The van der Waals surface area contributed by atoms with Crippen LogP contribution in [0.2, 0.25) is 0 Å². The van der Waals surface area contributed by atoms with Gasteiger partial charge in [-0.2, -0.15) is 0 Å². The third kappa shape index (κ3) is 5.99. The topological polar surface area (TPSA) is 63.7 Å². The summed E-state index contributed by atoms with van der Waals surface area (Å²) in [5, 5.41) is 0. The second-order valence-corrected chi connectivity index (χ2v) is 5.80. The zero-order valence-corrected chi connectivity index (χ0v) is 14.6. The van der Waals surface area contributed by atoms with Crippen LogP contribution in [-0.2, 0) is 14.3 Å². The zero-order valence-electron chi connectivity index (χ0n) is 14.6. The van der Waals surface area contributed by atoms with Crippen LogP contribution in [0.1, 0.15) is 35.7 Å². The first-order valence-electron chi connectivity index (χ1n) is 7.95. The minimum absolute atomic E-state index is 0.0667. The summed E-state index contributed by atoms with van der Waals surface area (Å²) in [6, 6.07) is 7.28. The van der Waals surface area contributed by atoms with Gasteiger partial charge in [0.15, 0.2) is 5.78 Å². The lowest BCUT2D eigenvalue weighted by Crippen LogP contribution is -2.37. The second kappa shape index (κ2) is 9.65. The molecule has 0 fully saturated rings. The minimum Gasteiger partial charge on any atom is -0.469 e. The number of amides is 1. The Hall–Kier alpha value is -2.43. The standard InChI is InChI=1S/C19H25NO4/c1-5-12-20(13-15(3)19(23)24-4)18(22)11-10-17(21)16-8-6-14(2)7-9-16/h5-9,15H,1,10-13H2,2-4H3. The summed E-state index contributed by atoms with van der Waals surface area (Å²) in [5.41, 5.74) is 1.68. The molecule has 0 aliphatic carbocycles. The average Bonchev–Trinajstić information content (AvgIpc) is 2.58. The highest BCUT2D eigenvalue weighted by Gasteiger charge is 2.21. The molecule has 0 bridgehead atoms. The van der Waals surface area contributed by atoms with Gasteiger partial charge >= 0.3 is 5.97 Å². The SMILES string of the molecule is C=CCN(CC(C)C(=O)OC)C(=O)CCC(=O)c1ccc(C)cc1. The molecule has 1 aromatic rings. The maximum absolute atomic E-state index is 12.3. The molecule has 1 rings (SSSR count). The smallest absolute Gasteiger partial charge is 0.310 e. The van der Waals surface area contributed by atoms with E-state index in [4.69, 9.17) is 0 Å². The summed E-state index contributed by atoms with van der Waals surface area (Å²) in [6.45, 7) is 7.86. The Labute approximate surface area is 143 Å². The molecule has 0 saturated heterocycles. The fourth-order valence-corrected chi connectivity index (χ4v) is 2.30. The Kier molecular flexibility index (Phi) is 7.89. The molecule has 0 spiro atoms. The van der Waals surface area contributed by atoms with E-state index in [0.29, 0.717) is 12.1 Å². The number of benzene rings is 1. The monoisotopic (exact) mass is 331 g/mol. The van der Waals surface area contributed by atoms with Gasteiger partial charge < -0.3 is 9.64 Å². The van der Waals surface area contributed by atoms with Gasteiger partial charge in [-0.3, -0.25) is 14.4 Å². The van der Waals surface area contributed by atoms with Crippen LogP contribution in [0.5, 0.6) is 0 Å². The third-order valence-electron chi connectivity index (χ3n) is 3.74. The summed E-state index contributed by atoms with van der Waals surface area (Å²) < 4.78 is 4.68. The summed E-state index contributed by atoms with van der Waals surface area (Å²) >= 11 is 0. The Morgan fingerprint density at radius 1 is 1.21 bits per heavy atom. The maximum Gasteiger partial charge on any atom is 0.310 e. The highest BCUT2D eigenvalue weighted by atomic mass is 16.5. The van der Waals surface area contributed by atoms with Crippen LogP contribution in [-0.4, -0.2) is 42.8 Å². The molecule has 5 heteroatoms. The molecule has 1 unspecified atom stereocenters. The van der Waals surface area contributed by atoms with E-state index >= 15 is 0 Å². The molecule has 0 radical (unpaired) electrons. The van der Waals surface area contributed by atoms with Crippen molar-refractivity contribution >= 4 is 17.7 Å². The lowest BCUT2D eigenvalue weighted by atomic mass is 10.0. The van der Waals surface area contributed by atoms with E-state index in [0.717, 1.165) is 5.56 Å². The predicted molar refractivity (Wildman–Crippen MR) is 92.7 cm³/mol. The predicted octanol–water partition coefficient (Wildman–Crippen LogP) is 2.78. The summed E-state index contributed by atoms with van der Waals surface area (Å²) in [6.07, 6.45) is 1.85. The van der Waals surface area contributed by atoms with E-state index in [2.05, 4.69) is 11.3 Å². The van der Waals surface area contributed by atoms with E-state index in [1.165, 1.54) is 12.0 Å². The maximum atomic E-state index is 12.3. The Morgan fingerprint density at radius 3 is 2.38 bits per heavy atom. The number of hydrogen-bond donors (Lipinski definition) is 0. The first kappa shape index (κ1) is 19.6. The van der Waals surface area contributed by atoms with Crippen molar-refractivity contribution in [2.24, 2.45) is 5.92 Å². The minimum atomic E-state index is -0.424. The van der Waals surface area contributed by atoms with Gasteiger partial charge in [0.25, 0.3) is 0 Å². The van der Waals surface area contributed by atoms with Gasteiger partial charge in [0.1, 0.15) is 0 Å². The summed E-state index contributed by atoms with van der Waals surface area (Å²) in [7, 11) is 1.32. The quantitative estimate of drug-likeness (QED) is 0.396. The van der Waals surface area contributed by atoms with Crippen LogP contribution in [0.3, 0.4) is 0 Å². The molecule has 1 aromatic carbocycles. The van der Waals surface area contributed by atoms with E-state index in [9.17, 15) is 14.4 Å². The van der Waals surface area contributed by atoms with Crippen LogP contribution in [0.4, 0.5) is 0 Å². The number of carbonyl (C=O) groups excluding carboxylic acids is 3. The molecule has 5 nitrogen and oxygen atoms in total. The number of carbonyl (C=O) groups is 3. The Morgan fingerprint density at radius 2 is 1.83 bits per heavy atom. The molecule has 0 heterocycles. The fraction of sp³-hybridized carbons (Fsp3) is 0.421. The number of nitrogens with zero attached hydrogens (tertiary/aromatic N) is 1. The van der Waals surface area contributed by atoms with Crippen LogP contribution >= 0.6 is 0 Å². The molecule has 0 aromatic heterocycles. The van der Waals surface area contributed by atoms with Gasteiger partial charge in [0, 0.05) is 31.5 Å². The summed E-state index contributed by atoms with van der Waals surface area (Å²) in [5.74, 6) is -1.03. The van der Waals surface area contributed by atoms with Crippen LogP contribution in [0.25, 0.3) is 0 Å². The lowest BCUT2D eigenvalue weighted by molar-refractivity contribution is -0.146. The number of ketones is 1. The van der Waals surface area contributed by atoms with Crippen molar-refractivity contribution in [2.45, 2.75) is 26.7 Å². The molecule has 0 aliphatic rings. The van der Waals surface area contributed by atoms with Crippen LogP contribution in [0.15, 0.2) is 36.9 Å². The van der Waals surface area contributed by atoms with Crippen molar-refractivity contribution in [1.82, 2.24) is 4.90 Å². The van der Waals surface area contributed by atoms with Crippen molar-refractivity contribution in [3.63, 3.8) is 0 Å². The molecule has 24 heavy (non-hydrogen) atoms. The normalized spacial score (nSPS) is 11.5. The number of Topliss-reactive ketones (excluding diaryl/α,β-unsaturated/α-hetero) is 1. The molecule has 0 N–H and O–H groups in total. The van der Waals surface area contributed by atoms with Gasteiger partial charge in [-0.05, 0) is 6.92 Å². The lowest BCUT2D eigenvalue weighted by Gasteiger charge is -2.23. The van der Waals surface area contributed by atoms with Crippen molar-refractivity contribution in [1.29, 1.82) is 0 Å². The van der Waals surface area contributed by atoms with E-state index < -0.39 is 5.92 Å². The van der Waals surface area contributed by atoms with Gasteiger partial charge in [0.2, 0.25) is 5.91 Å². The average molecular weight is 331 g/mol. The fourth-order valence-electron chi connectivity index (χ4n) is 2.30.